The molecule has 0 saturated carbocycles. The molecule has 13 heavy (non-hydrogen) atoms. The summed E-state index contributed by atoms with van der Waals surface area (Å²) in [6, 6.07) is 3.11. The van der Waals surface area contributed by atoms with Crippen LogP contribution in [0.4, 0.5) is 0 Å². The van der Waals surface area contributed by atoms with Crippen LogP contribution in [0.1, 0.15) is 17.2 Å². The molecule has 4 heteroatoms. The van der Waals surface area contributed by atoms with Gasteiger partial charge in [-0.3, -0.25) is 0 Å². The molecule has 5 N–H and O–H groups in total. The summed E-state index contributed by atoms with van der Waals surface area (Å²) in [6.07, 6.45) is 0. The predicted octanol–water partition coefficient (Wildman–Crippen LogP) is 1.31. The maximum atomic E-state index is 9.56. The first kappa shape index (κ1) is 10.3. The van der Waals surface area contributed by atoms with Crippen molar-refractivity contribution in [3.63, 3.8) is 0 Å². The molecule has 1 aromatic carbocycles. The molecule has 0 heterocycles. The van der Waals surface area contributed by atoms with E-state index in [0.29, 0.717) is 10.6 Å². The first-order valence-electron chi connectivity index (χ1n) is 4.01. The summed E-state index contributed by atoms with van der Waals surface area (Å²) in [6.45, 7) is 2.17. The zero-order chi connectivity index (χ0) is 10.0. The van der Waals surface area contributed by atoms with Gasteiger partial charge in [0.25, 0.3) is 0 Å². The Labute approximate surface area is 82.3 Å². The van der Waals surface area contributed by atoms with Crippen molar-refractivity contribution < 1.29 is 5.11 Å². The van der Waals surface area contributed by atoms with Gasteiger partial charge in [0, 0.05) is 18.2 Å². The lowest BCUT2D eigenvalue weighted by molar-refractivity contribution is 0.462. The number of benzene rings is 1. The zero-order valence-electron chi connectivity index (χ0n) is 7.42. The quantitative estimate of drug-likeness (QED) is 0.674. The Morgan fingerprint density at radius 1 is 1.54 bits per heavy atom. The molecule has 0 aliphatic heterocycles. The van der Waals surface area contributed by atoms with Gasteiger partial charge in [-0.2, -0.15) is 0 Å². The SMILES string of the molecule is Cc1cc(Cl)c(O)c(C(N)CN)c1. The number of rotatable bonds is 2. The third-order valence-corrected chi connectivity index (χ3v) is 2.18. The molecule has 0 bridgehead atoms. The summed E-state index contributed by atoms with van der Waals surface area (Å²) < 4.78 is 0. The minimum atomic E-state index is -0.364. The van der Waals surface area contributed by atoms with Gasteiger partial charge in [-0.15, -0.1) is 0 Å². The zero-order valence-corrected chi connectivity index (χ0v) is 8.17. The van der Waals surface area contributed by atoms with Gasteiger partial charge in [0.05, 0.1) is 5.02 Å². The van der Waals surface area contributed by atoms with Crippen molar-refractivity contribution in [2.45, 2.75) is 13.0 Å². The Morgan fingerprint density at radius 3 is 2.69 bits per heavy atom. The highest BCUT2D eigenvalue weighted by molar-refractivity contribution is 6.32. The molecule has 1 rings (SSSR count). The van der Waals surface area contributed by atoms with Crippen LogP contribution >= 0.6 is 11.6 Å². The lowest BCUT2D eigenvalue weighted by Crippen LogP contribution is -2.20. The van der Waals surface area contributed by atoms with Crippen molar-refractivity contribution >= 4 is 11.6 Å². The van der Waals surface area contributed by atoms with Gasteiger partial charge in [0.15, 0.2) is 0 Å². The lowest BCUT2D eigenvalue weighted by atomic mass is 10.0. The highest BCUT2D eigenvalue weighted by atomic mass is 35.5. The summed E-state index contributed by atoms with van der Waals surface area (Å²) in [5.74, 6) is 0.0326. The summed E-state index contributed by atoms with van der Waals surface area (Å²) in [7, 11) is 0. The number of aryl methyl sites for hydroxylation is 1. The summed E-state index contributed by atoms with van der Waals surface area (Å²) in [5.41, 5.74) is 12.6. The molecule has 0 radical (unpaired) electrons. The van der Waals surface area contributed by atoms with Crippen LogP contribution in [-0.2, 0) is 0 Å². The van der Waals surface area contributed by atoms with Crippen LogP contribution in [0.3, 0.4) is 0 Å². The van der Waals surface area contributed by atoms with Crippen molar-refractivity contribution in [2.24, 2.45) is 11.5 Å². The highest BCUT2D eigenvalue weighted by Gasteiger charge is 2.12. The highest BCUT2D eigenvalue weighted by Crippen LogP contribution is 2.31. The number of aromatic hydroxyl groups is 1. The molecule has 0 aliphatic carbocycles. The fourth-order valence-corrected chi connectivity index (χ4v) is 1.45. The Bertz CT molecular complexity index is 315. The number of hydrogen-bond acceptors (Lipinski definition) is 3. The second kappa shape index (κ2) is 3.96. The molecule has 0 spiro atoms. The lowest BCUT2D eigenvalue weighted by Gasteiger charge is -2.13. The average Bonchev–Trinajstić information content (AvgIpc) is 2.10. The van der Waals surface area contributed by atoms with Crippen molar-refractivity contribution in [3.05, 3.63) is 28.3 Å². The summed E-state index contributed by atoms with van der Waals surface area (Å²) >= 11 is 5.77. The van der Waals surface area contributed by atoms with Crippen molar-refractivity contribution in [1.29, 1.82) is 0 Å². The Balaban J connectivity index is 3.20. The van der Waals surface area contributed by atoms with E-state index in [1.807, 2.05) is 6.92 Å². The molecule has 0 aromatic heterocycles. The fourth-order valence-electron chi connectivity index (χ4n) is 1.17. The molecular formula is C9H13ClN2O. The van der Waals surface area contributed by atoms with E-state index < -0.39 is 0 Å². The van der Waals surface area contributed by atoms with Gasteiger partial charge >= 0.3 is 0 Å². The van der Waals surface area contributed by atoms with E-state index in [4.69, 9.17) is 23.1 Å². The van der Waals surface area contributed by atoms with Gasteiger partial charge in [-0.05, 0) is 18.6 Å². The minimum absolute atomic E-state index is 0.0326. The topological polar surface area (TPSA) is 72.3 Å². The Morgan fingerprint density at radius 2 is 2.15 bits per heavy atom. The van der Waals surface area contributed by atoms with Crippen molar-refractivity contribution in [3.8, 4) is 5.75 Å². The first-order chi connectivity index (χ1) is 6.06. The Hall–Kier alpha value is -0.770. The standard InChI is InChI=1S/C9H13ClN2O/c1-5-2-6(8(12)4-11)9(13)7(10)3-5/h2-3,8,13H,4,11-12H2,1H3. The monoisotopic (exact) mass is 200 g/mol. The number of hydrogen-bond donors (Lipinski definition) is 3. The van der Waals surface area contributed by atoms with E-state index in [2.05, 4.69) is 0 Å². The second-order valence-electron chi connectivity index (χ2n) is 3.03. The summed E-state index contributed by atoms with van der Waals surface area (Å²) in [5, 5.41) is 9.87. The maximum Gasteiger partial charge on any atom is 0.138 e. The minimum Gasteiger partial charge on any atom is -0.506 e. The molecule has 0 amide bonds. The van der Waals surface area contributed by atoms with Gasteiger partial charge in [-0.25, -0.2) is 0 Å². The smallest absolute Gasteiger partial charge is 0.138 e. The molecule has 3 nitrogen and oxygen atoms in total. The van der Waals surface area contributed by atoms with E-state index in [9.17, 15) is 5.11 Å². The van der Waals surface area contributed by atoms with Crippen LogP contribution in [0.2, 0.25) is 5.02 Å². The van der Waals surface area contributed by atoms with Crippen LogP contribution in [-0.4, -0.2) is 11.7 Å². The number of phenols is 1. The van der Waals surface area contributed by atoms with Crippen LogP contribution in [0.15, 0.2) is 12.1 Å². The van der Waals surface area contributed by atoms with E-state index in [1.165, 1.54) is 0 Å². The number of halogens is 1. The second-order valence-corrected chi connectivity index (χ2v) is 3.43. The molecule has 1 aromatic rings. The third kappa shape index (κ3) is 2.12. The van der Waals surface area contributed by atoms with Gasteiger partial charge < -0.3 is 16.6 Å². The third-order valence-electron chi connectivity index (χ3n) is 1.89. The van der Waals surface area contributed by atoms with Crippen molar-refractivity contribution in [2.75, 3.05) is 6.54 Å². The fraction of sp³-hybridized carbons (Fsp3) is 0.333. The summed E-state index contributed by atoms with van der Waals surface area (Å²) in [4.78, 5) is 0. The van der Waals surface area contributed by atoms with Crippen LogP contribution < -0.4 is 11.5 Å². The van der Waals surface area contributed by atoms with Crippen molar-refractivity contribution in [1.82, 2.24) is 0 Å². The largest absolute Gasteiger partial charge is 0.506 e. The molecule has 1 atom stereocenters. The van der Waals surface area contributed by atoms with E-state index >= 15 is 0 Å². The number of nitrogens with two attached hydrogens (primary N) is 2. The molecule has 0 saturated heterocycles. The van der Waals surface area contributed by atoms with E-state index in [-0.39, 0.29) is 18.3 Å². The average molecular weight is 201 g/mol. The first-order valence-corrected chi connectivity index (χ1v) is 4.38. The molecule has 0 fully saturated rings. The molecular weight excluding hydrogens is 188 g/mol. The van der Waals surface area contributed by atoms with E-state index in [0.717, 1.165) is 5.56 Å². The van der Waals surface area contributed by atoms with Crippen LogP contribution in [0.5, 0.6) is 5.75 Å². The normalized spacial score (nSPS) is 12.9. The van der Waals surface area contributed by atoms with Gasteiger partial charge in [-0.1, -0.05) is 17.7 Å². The predicted molar refractivity (Wildman–Crippen MR) is 53.8 cm³/mol. The Kier molecular flexibility index (Phi) is 3.14. The van der Waals surface area contributed by atoms with Gasteiger partial charge in [0.2, 0.25) is 0 Å². The number of phenolic OH excluding ortho intramolecular Hbond substituents is 1. The molecule has 72 valence electrons. The van der Waals surface area contributed by atoms with E-state index in [1.54, 1.807) is 12.1 Å². The van der Waals surface area contributed by atoms with Gasteiger partial charge in [0.1, 0.15) is 5.75 Å². The molecule has 1 unspecified atom stereocenters. The van der Waals surface area contributed by atoms with Crippen LogP contribution in [0.25, 0.3) is 0 Å². The maximum absolute atomic E-state index is 9.56. The van der Waals surface area contributed by atoms with Crippen LogP contribution in [0, 0.1) is 6.92 Å². The molecule has 0 aliphatic rings.